The summed E-state index contributed by atoms with van der Waals surface area (Å²) in [6.45, 7) is 2.45. The smallest absolute Gasteiger partial charge is 0.319 e. The summed E-state index contributed by atoms with van der Waals surface area (Å²) < 4.78 is 46.0. The first-order chi connectivity index (χ1) is 22.3. The highest BCUT2D eigenvalue weighted by atomic mass is 32.1. The number of nitrogens with zero attached hydrogens (tertiary/aromatic N) is 8. The summed E-state index contributed by atoms with van der Waals surface area (Å²) >= 11 is 1.02. The van der Waals surface area contributed by atoms with Crippen LogP contribution in [0.1, 0.15) is 12.0 Å². The van der Waals surface area contributed by atoms with E-state index < -0.39 is 11.6 Å². The van der Waals surface area contributed by atoms with Gasteiger partial charge in [0.2, 0.25) is 0 Å². The van der Waals surface area contributed by atoms with Gasteiger partial charge in [0, 0.05) is 55.0 Å². The first-order valence-corrected chi connectivity index (χ1v) is 15.7. The van der Waals surface area contributed by atoms with Crippen LogP contribution in [0, 0.1) is 11.6 Å². The molecule has 6 heterocycles. The highest BCUT2D eigenvalue weighted by molar-refractivity contribution is 7.22. The third kappa shape index (κ3) is 4.48. The van der Waals surface area contributed by atoms with Crippen LogP contribution in [0.3, 0.4) is 0 Å². The highest BCUT2D eigenvalue weighted by Gasteiger charge is 2.34. The van der Waals surface area contributed by atoms with Crippen molar-refractivity contribution in [2.75, 3.05) is 50.2 Å². The first kappa shape index (κ1) is 28.7. The van der Waals surface area contributed by atoms with Gasteiger partial charge in [-0.25, -0.2) is 18.7 Å². The van der Waals surface area contributed by atoms with Gasteiger partial charge in [-0.15, -0.1) is 0 Å². The molecule has 0 spiro atoms. The van der Waals surface area contributed by atoms with Crippen molar-refractivity contribution in [1.29, 1.82) is 0 Å². The van der Waals surface area contributed by atoms with E-state index in [1.165, 1.54) is 12.1 Å². The Morgan fingerprint density at radius 2 is 1.93 bits per heavy atom. The molecular weight excluding hydrogens is 614 g/mol. The summed E-state index contributed by atoms with van der Waals surface area (Å²) in [6.07, 6.45) is 4.13. The second kappa shape index (κ2) is 11.0. The third-order valence-corrected chi connectivity index (χ3v) is 9.93. The summed E-state index contributed by atoms with van der Waals surface area (Å²) in [6, 6.07) is 6.56. The molecule has 0 saturated carbocycles. The van der Waals surface area contributed by atoms with Gasteiger partial charge in [0.05, 0.1) is 46.0 Å². The van der Waals surface area contributed by atoms with Gasteiger partial charge >= 0.3 is 6.01 Å². The van der Waals surface area contributed by atoms with E-state index in [0.29, 0.717) is 53.1 Å². The maximum Gasteiger partial charge on any atom is 0.319 e. The number of halogens is 2. The molecule has 2 aromatic carbocycles. The first-order valence-electron chi connectivity index (χ1n) is 14.9. The fourth-order valence-electron chi connectivity index (χ4n) is 6.70. The van der Waals surface area contributed by atoms with Crippen LogP contribution in [-0.4, -0.2) is 80.6 Å². The van der Waals surface area contributed by atoms with Crippen LogP contribution in [0.25, 0.3) is 43.1 Å². The normalized spacial score (nSPS) is 18.4. The average molecular weight is 645 g/mol. The maximum atomic E-state index is 17.2. The lowest BCUT2D eigenvalue weighted by Gasteiger charge is -2.26. The Hall–Kier alpha value is -4.73. The Balaban J connectivity index is 1.36. The van der Waals surface area contributed by atoms with E-state index in [2.05, 4.69) is 25.0 Å². The lowest BCUT2D eigenvalue weighted by molar-refractivity contribution is 0.0480. The lowest BCUT2D eigenvalue weighted by atomic mass is 9.97. The number of nitrogen functional groups attached to an aromatic ring is 2. The van der Waals surface area contributed by atoms with Crippen molar-refractivity contribution >= 4 is 60.1 Å². The second-order valence-corrected chi connectivity index (χ2v) is 12.6. The van der Waals surface area contributed by atoms with Gasteiger partial charge in [-0.1, -0.05) is 17.4 Å². The maximum absolute atomic E-state index is 17.2. The summed E-state index contributed by atoms with van der Waals surface area (Å²) in [5, 5.41) is 5.86. The highest BCUT2D eigenvalue weighted by Crippen LogP contribution is 2.45. The van der Waals surface area contributed by atoms with Gasteiger partial charge in [-0.2, -0.15) is 15.1 Å². The van der Waals surface area contributed by atoms with E-state index in [-0.39, 0.29) is 51.2 Å². The Morgan fingerprint density at radius 1 is 1.07 bits per heavy atom. The number of nitrogens with two attached hydrogens (primary N) is 2. The van der Waals surface area contributed by atoms with Crippen LogP contribution in [0.2, 0.25) is 0 Å². The fraction of sp³-hybridized carbons (Fsp3) is 0.323. The number of methoxy groups -OCH3 is 1. The number of aromatic nitrogens is 6. The number of hydrogen-bond acceptors (Lipinski definition) is 12. The number of hydrogen-bond donors (Lipinski definition) is 2. The fourth-order valence-corrected chi connectivity index (χ4v) is 7.47. The molecule has 15 heteroatoms. The quantitative estimate of drug-likeness (QED) is 0.258. The number of fused-ring (bicyclic) bond motifs is 1. The van der Waals surface area contributed by atoms with E-state index in [9.17, 15) is 4.39 Å². The van der Waals surface area contributed by atoms with Gasteiger partial charge in [-0.05, 0) is 31.7 Å². The van der Waals surface area contributed by atoms with Crippen LogP contribution >= 0.6 is 11.3 Å². The van der Waals surface area contributed by atoms with Crippen LogP contribution in [0.5, 0.6) is 6.01 Å². The average Bonchev–Trinajstić information content (AvgIpc) is 3.73. The van der Waals surface area contributed by atoms with E-state index in [1.807, 2.05) is 28.8 Å². The third-order valence-electron chi connectivity index (χ3n) is 9.04. The second-order valence-electron chi connectivity index (χ2n) is 11.6. The number of ether oxygens (including phenoxy) is 2. The molecule has 0 aliphatic carbocycles. The molecule has 12 nitrogen and oxygen atoms in total. The van der Waals surface area contributed by atoms with E-state index in [0.717, 1.165) is 29.9 Å². The summed E-state index contributed by atoms with van der Waals surface area (Å²) in [5.41, 5.74) is 14.6. The molecule has 4 N–H and O–H groups in total. The van der Waals surface area contributed by atoms with Crippen molar-refractivity contribution in [3.05, 3.63) is 53.9 Å². The number of benzene rings is 2. The van der Waals surface area contributed by atoms with Crippen LogP contribution in [0.15, 0.2) is 36.7 Å². The Bertz CT molecular complexity index is 2150. The van der Waals surface area contributed by atoms with Gasteiger partial charge in [0.25, 0.3) is 0 Å². The minimum atomic E-state index is -0.620. The molecule has 6 aromatic rings. The number of pyridine rings is 1. The molecule has 2 aliphatic rings. The van der Waals surface area contributed by atoms with Crippen LogP contribution < -0.4 is 21.1 Å². The minimum absolute atomic E-state index is 0.0131. The van der Waals surface area contributed by atoms with E-state index >= 15 is 4.39 Å². The molecule has 0 radical (unpaired) electrons. The standard InChI is InChI=1S/C31H30F2N10O2S/c1-41-9-7-20(44-2)19(41)14-45-31-39-25-22-26-17(21(23(25)33)16-5-6-18(32)27-24(16)38-30(35)46-27)12-37-43(26)11-10-42(29(22)40-31)13-15-4-3-8-36-28(15)34/h3-6,8,12,19-20H,7,9-11,13-14H2,1-2H3,(H2,34,36)(H2,35,38)/t19-,20-/m0/s1. The summed E-state index contributed by atoms with van der Waals surface area (Å²) in [5.74, 6) is -0.208. The number of thiazole rings is 1. The van der Waals surface area contributed by atoms with Gasteiger partial charge in [0.15, 0.2) is 10.9 Å². The predicted molar refractivity (Wildman–Crippen MR) is 173 cm³/mol. The molecule has 46 heavy (non-hydrogen) atoms. The Labute approximate surface area is 265 Å². The summed E-state index contributed by atoms with van der Waals surface area (Å²) in [4.78, 5) is 22.4. The molecule has 236 valence electrons. The van der Waals surface area contributed by atoms with E-state index in [4.69, 9.17) is 25.9 Å². The Morgan fingerprint density at radius 3 is 2.76 bits per heavy atom. The van der Waals surface area contributed by atoms with Crippen molar-refractivity contribution < 1.29 is 18.3 Å². The monoisotopic (exact) mass is 644 g/mol. The molecule has 4 aromatic heterocycles. The zero-order valence-corrected chi connectivity index (χ0v) is 25.9. The molecule has 0 amide bonds. The molecular formula is C31H30F2N10O2S. The molecule has 0 unspecified atom stereocenters. The SMILES string of the molecule is CO[C@H]1CCN(C)[C@H]1COc1nc2c3c(n1)c(F)c(-c1ccc(F)c4sc(N)nc14)c1cnn(c13)CCN2Cc1cccnc1N. The molecule has 2 atom stereocenters. The van der Waals surface area contributed by atoms with Crippen LogP contribution in [0.4, 0.5) is 25.5 Å². The predicted octanol–water partition coefficient (Wildman–Crippen LogP) is 4.21. The minimum Gasteiger partial charge on any atom is -0.462 e. The van der Waals surface area contributed by atoms with Crippen LogP contribution in [-0.2, 0) is 17.8 Å². The van der Waals surface area contributed by atoms with Crippen molar-refractivity contribution in [1.82, 2.24) is 34.6 Å². The van der Waals surface area contributed by atoms with Gasteiger partial charge in [-0.3, -0.25) is 9.58 Å². The molecule has 1 fully saturated rings. The van der Waals surface area contributed by atoms with Crippen molar-refractivity contribution in [2.45, 2.75) is 31.7 Å². The number of anilines is 3. The number of likely N-dealkylation sites (N-methyl/N-ethyl adjacent to an activating group) is 1. The zero-order chi connectivity index (χ0) is 31.7. The van der Waals surface area contributed by atoms with Crippen molar-refractivity contribution in [3.8, 4) is 17.1 Å². The zero-order valence-electron chi connectivity index (χ0n) is 25.1. The molecule has 1 saturated heterocycles. The van der Waals surface area contributed by atoms with E-state index in [1.54, 1.807) is 19.5 Å². The van der Waals surface area contributed by atoms with Gasteiger partial charge < -0.3 is 25.8 Å². The number of rotatable bonds is 7. The number of likely N-dealkylation sites (tertiary alicyclic amines) is 1. The van der Waals surface area contributed by atoms with Crippen molar-refractivity contribution in [2.24, 2.45) is 0 Å². The molecule has 8 rings (SSSR count). The Kier molecular flexibility index (Phi) is 6.84. The van der Waals surface area contributed by atoms with Crippen molar-refractivity contribution in [3.63, 3.8) is 0 Å². The summed E-state index contributed by atoms with van der Waals surface area (Å²) in [7, 11) is 3.70. The topological polar surface area (TPSA) is 146 Å². The van der Waals surface area contributed by atoms with Gasteiger partial charge in [0.1, 0.15) is 29.6 Å². The lowest BCUT2D eigenvalue weighted by Crippen LogP contribution is -2.38. The largest absolute Gasteiger partial charge is 0.462 e. The molecule has 2 aliphatic heterocycles. The molecule has 0 bridgehead atoms.